The molecule has 5 nitrogen and oxygen atoms in total. The summed E-state index contributed by atoms with van der Waals surface area (Å²) in [6.07, 6.45) is 7.61. The highest BCUT2D eigenvalue weighted by molar-refractivity contribution is 5.66. The molecule has 16 heavy (non-hydrogen) atoms. The lowest BCUT2D eigenvalue weighted by Gasteiger charge is -1.89. The van der Waals surface area contributed by atoms with E-state index in [1.54, 1.807) is 12.5 Å². The van der Waals surface area contributed by atoms with Crippen molar-refractivity contribution in [2.24, 2.45) is 5.73 Å². The maximum absolute atomic E-state index is 9.87. The highest BCUT2D eigenvalue weighted by Crippen LogP contribution is 1.97. The molecule has 0 bridgehead atoms. The van der Waals surface area contributed by atoms with Gasteiger partial charge in [0.1, 0.15) is 0 Å². The number of nitrogens with two attached hydrogens (primary N) is 1. The zero-order valence-corrected chi connectivity index (χ0v) is 9.78. The summed E-state index contributed by atoms with van der Waals surface area (Å²) in [7, 11) is 0. The molecule has 1 aromatic heterocycles. The molecule has 0 aliphatic carbocycles. The van der Waals surface area contributed by atoms with Crippen LogP contribution in [0.25, 0.3) is 0 Å². The van der Waals surface area contributed by atoms with Crippen molar-refractivity contribution in [3.63, 3.8) is 0 Å². The Morgan fingerprint density at radius 2 is 2.31 bits per heavy atom. The molecule has 0 aliphatic heterocycles. The number of H-pyrrole nitrogens is 1. The molecule has 0 radical (unpaired) electrons. The normalized spacial score (nSPS) is 9.38. The van der Waals surface area contributed by atoms with Crippen LogP contribution in [0.15, 0.2) is 12.5 Å². The van der Waals surface area contributed by atoms with Gasteiger partial charge in [-0.1, -0.05) is 19.8 Å². The largest absolute Gasteiger partial charge is 0.481 e. The van der Waals surface area contributed by atoms with Gasteiger partial charge in [0.15, 0.2) is 0 Å². The van der Waals surface area contributed by atoms with E-state index in [1.807, 2.05) is 0 Å². The number of imidazole rings is 1. The minimum Gasteiger partial charge on any atom is -0.481 e. The molecule has 92 valence electrons. The topological polar surface area (TPSA) is 92.0 Å². The van der Waals surface area contributed by atoms with Gasteiger partial charge in [-0.05, 0) is 13.0 Å². The van der Waals surface area contributed by atoms with E-state index in [0.29, 0.717) is 13.0 Å². The second-order valence-electron chi connectivity index (χ2n) is 3.47. The van der Waals surface area contributed by atoms with Crippen molar-refractivity contribution in [2.75, 3.05) is 6.54 Å². The summed E-state index contributed by atoms with van der Waals surface area (Å²) < 4.78 is 0. The number of hydrogen-bond donors (Lipinski definition) is 3. The number of aromatic nitrogens is 2. The summed E-state index contributed by atoms with van der Waals surface area (Å²) >= 11 is 0. The van der Waals surface area contributed by atoms with Gasteiger partial charge in [0.25, 0.3) is 0 Å². The first-order valence-corrected chi connectivity index (χ1v) is 5.59. The Balaban J connectivity index is 0.000000281. The number of nitrogens with zero attached hydrogens (tertiary/aromatic N) is 1. The number of aliphatic carboxylic acids is 1. The number of nitrogens with one attached hydrogen (secondary N) is 1. The van der Waals surface area contributed by atoms with Crippen LogP contribution >= 0.6 is 0 Å². The summed E-state index contributed by atoms with van der Waals surface area (Å²) in [4.78, 5) is 16.7. The molecule has 4 N–H and O–H groups in total. The first-order valence-electron chi connectivity index (χ1n) is 5.59. The van der Waals surface area contributed by atoms with Crippen LogP contribution in [0.1, 0.15) is 38.3 Å². The maximum atomic E-state index is 9.87. The van der Waals surface area contributed by atoms with Crippen molar-refractivity contribution in [3.05, 3.63) is 18.2 Å². The molecule has 0 aliphatic rings. The van der Waals surface area contributed by atoms with E-state index in [1.165, 1.54) is 0 Å². The number of carboxylic acid groups (broad SMARTS) is 1. The van der Waals surface area contributed by atoms with Crippen LogP contribution in [0.4, 0.5) is 0 Å². The third-order valence-electron chi connectivity index (χ3n) is 1.96. The van der Waals surface area contributed by atoms with Gasteiger partial charge >= 0.3 is 5.97 Å². The van der Waals surface area contributed by atoms with Crippen LogP contribution in [0.3, 0.4) is 0 Å². The van der Waals surface area contributed by atoms with Gasteiger partial charge in [0, 0.05) is 24.7 Å². The Morgan fingerprint density at radius 3 is 2.75 bits per heavy atom. The second kappa shape index (κ2) is 10.2. The van der Waals surface area contributed by atoms with Gasteiger partial charge in [-0.2, -0.15) is 0 Å². The molecule has 0 fully saturated rings. The molecule has 0 aromatic carbocycles. The average Bonchev–Trinajstić information content (AvgIpc) is 2.72. The van der Waals surface area contributed by atoms with E-state index in [0.717, 1.165) is 31.4 Å². The van der Waals surface area contributed by atoms with Gasteiger partial charge in [0.2, 0.25) is 0 Å². The Hall–Kier alpha value is -1.36. The third kappa shape index (κ3) is 9.21. The van der Waals surface area contributed by atoms with Gasteiger partial charge < -0.3 is 15.8 Å². The molecule has 0 saturated heterocycles. The van der Waals surface area contributed by atoms with E-state index < -0.39 is 5.97 Å². The number of rotatable bonds is 6. The molecule has 1 heterocycles. The summed E-state index contributed by atoms with van der Waals surface area (Å²) in [5.41, 5.74) is 6.38. The average molecular weight is 227 g/mol. The monoisotopic (exact) mass is 227 g/mol. The number of carbonyl (C=O) groups is 1. The fourth-order valence-corrected chi connectivity index (χ4v) is 1.10. The third-order valence-corrected chi connectivity index (χ3v) is 1.96. The first kappa shape index (κ1) is 14.6. The van der Waals surface area contributed by atoms with Crippen molar-refractivity contribution in [1.29, 1.82) is 0 Å². The molecular formula is C11H21N3O2. The SMILES string of the molecule is CCCCCC(=O)O.NCCc1cnc[nH]1. The van der Waals surface area contributed by atoms with Crippen molar-refractivity contribution < 1.29 is 9.90 Å². The molecule has 0 spiro atoms. The van der Waals surface area contributed by atoms with E-state index in [9.17, 15) is 4.79 Å². The van der Waals surface area contributed by atoms with Crippen LogP contribution in [-0.2, 0) is 11.2 Å². The van der Waals surface area contributed by atoms with Crippen molar-refractivity contribution >= 4 is 5.97 Å². The number of unbranched alkanes of at least 4 members (excludes halogenated alkanes) is 2. The Labute approximate surface area is 96.1 Å². The molecule has 1 aromatic rings. The molecule has 0 atom stereocenters. The highest BCUT2D eigenvalue weighted by Gasteiger charge is 1.92. The number of aromatic amines is 1. The molecular weight excluding hydrogens is 206 g/mol. The Morgan fingerprint density at radius 1 is 1.56 bits per heavy atom. The van der Waals surface area contributed by atoms with E-state index in [-0.39, 0.29) is 0 Å². The lowest BCUT2D eigenvalue weighted by Crippen LogP contribution is -2.02. The molecule has 0 amide bonds. The van der Waals surface area contributed by atoms with Crippen molar-refractivity contribution in [1.82, 2.24) is 9.97 Å². The smallest absolute Gasteiger partial charge is 0.303 e. The predicted octanol–water partition coefficient (Wildman–Crippen LogP) is 1.56. The molecule has 0 saturated carbocycles. The Kier molecular flexibility index (Phi) is 9.30. The van der Waals surface area contributed by atoms with Crippen molar-refractivity contribution in [2.45, 2.75) is 39.0 Å². The molecule has 1 rings (SSSR count). The minimum absolute atomic E-state index is 0.327. The lowest BCUT2D eigenvalue weighted by atomic mass is 10.2. The van der Waals surface area contributed by atoms with E-state index in [2.05, 4.69) is 16.9 Å². The molecule has 5 heteroatoms. The summed E-state index contributed by atoms with van der Waals surface area (Å²) in [6.45, 7) is 2.74. The zero-order valence-electron chi connectivity index (χ0n) is 9.78. The van der Waals surface area contributed by atoms with Crippen LogP contribution in [-0.4, -0.2) is 27.6 Å². The second-order valence-corrected chi connectivity index (χ2v) is 3.47. The fourth-order valence-electron chi connectivity index (χ4n) is 1.10. The van der Waals surface area contributed by atoms with Crippen LogP contribution < -0.4 is 5.73 Å². The Bertz CT molecular complexity index is 260. The number of hydrogen-bond acceptors (Lipinski definition) is 3. The first-order chi connectivity index (χ1) is 7.70. The van der Waals surface area contributed by atoms with Crippen molar-refractivity contribution in [3.8, 4) is 0 Å². The summed E-state index contributed by atoms with van der Waals surface area (Å²) in [5.74, 6) is -0.682. The lowest BCUT2D eigenvalue weighted by molar-refractivity contribution is -0.137. The van der Waals surface area contributed by atoms with E-state index in [4.69, 9.17) is 10.8 Å². The predicted molar refractivity (Wildman–Crippen MR) is 63.1 cm³/mol. The number of carboxylic acids is 1. The van der Waals surface area contributed by atoms with Gasteiger partial charge in [-0.15, -0.1) is 0 Å². The summed E-state index contributed by atoms with van der Waals surface area (Å²) in [6, 6.07) is 0. The minimum atomic E-state index is -0.682. The van der Waals surface area contributed by atoms with Crippen LogP contribution in [0.2, 0.25) is 0 Å². The fraction of sp³-hybridized carbons (Fsp3) is 0.636. The molecule has 0 unspecified atom stereocenters. The van der Waals surface area contributed by atoms with Gasteiger partial charge in [-0.25, -0.2) is 4.98 Å². The zero-order chi connectivity index (χ0) is 12.2. The maximum Gasteiger partial charge on any atom is 0.303 e. The van der Waals surface area contributed by atoms with Gasteiger partial charge in [-0.3, -0.25) is 4.79 Å². The van der Waals surface area contributed by atoms with E-state index >= 15 is 0 Å². The summed E-state index contributed by atoms with van der Waals surface area (Å²) in [5, 5.41) is 8.14. The van der Waals surface area contributed by atoms with Crippen LogP contribution in [0, 0.1) is 0 Å². The van der Waals surface area contributed by atoms with Crippen LogP contribution in [0.5, 0.6) is 0 Å². The highest BCUT2D eigenvalue weighted by atomic mass is 16.4. The quantitative estimate of drug-likeness (QED) is 0.643. The van der Waals surface area contributed by atoms with Gasteiger partial charge in [0.05, 0.1) is 6.33 Å². The standard InChI is InChI=1S/C6H12O2.C5H9N3/c1-2-3-4-5-6(7)8;6-2-1-5-3-7-4-8-5/h2-5H2,1H3,(H,7,8);3-4H,1-2,6H2,(H,7,8).